The van der Waals surface area contributed by atoms with Gasteiger partial charge in [-0.1, -0.05) is 19.1 Å². The topological polar surface area (TPSA) is 37.3 Å². The molecular formula is C16H20O2. The van der Waals surface area contributed by atoms with Crippen molar-refractivity contribution in [3.8, 4) is 0 Å². The lowest BCUT2D eigenvalue weighted by atomic mass is 9.76. The summed E-state index contributed by atoms with van der Waals surface area (Å²) in [4.78, 5) is 10.8. The van der Waals surface area contributed by atoms with Crippen molar-refractivity contribution < 1.29 is 9.90 Å². The molecule has 18 heavy (non-hydrogen) atoms. The molecule has 0 saturated heterocycles. The average molecular weight is 244 g/mol. The van der Waals surface area contributed by atoms with Gasteiger partial charge in [-0.25, -0.2) is 4.79 Å². The first-order valence-corrected chi connectivity index (χ1v) is 6.94. The van der Waals surface area contributed by atoms with Crippen molar-refractivity contribution >= 4 is 5.97 Å². The van der Waals surface area contributed by atoms with E-state index in [0.29, 0.717) is 16.9 Å². The fourth-order valence-electron chi connectivity index (χ4n) is 3.67. The molecule has 1 aromatic rings. The zero-order valence-corrected chi connectivity index (χ0v) is 10.9. The van der Waals surface area contributed by atoms with Crippen LogP contribution in [-0.4, -0.2) is 11.1 Å². The first-order valence-electron chi connectivity index (χ1n) is 6.94. The summed E-state index contributed by atoms with van der Waals surface area (Å²) in [5.74, 6) is 0.745. The van der Waals surface area contributed by atoms with Crippen molar-refractivity contribution in [3.05, 3.63) is 35.4 Å². The van der Waals surface area contributed by atoms with Crippen molar-refractivity contribution in [3.63, 3.8) is 0 Å². The van der Waals surface area contributed by atoms with E-state index < -0.39 is 5.97 Å². The van der Waals surface area contributed by atoms with E-state index in [1.165, 1.54) is 37.7 Å². The quantitative estimate of drug-likeness (QED) is 0.851. The number of hydrogen-bond donors (Lipinski definition) is 1. The Morgan fingerprint density at radius 1 is 1.22 bits per heavy atom. The van der Waals surface area contributed by atoms with Gasteiger partial charge in [-0.15, -0.1) is 0 Å². The molecule has 1 aromatic carbocycles. The molecular weight excluding hydrogens is 224 g/mol. The van der Waals surface area contributed by atoms with Crippen LogP contribution in [0.2, 0.25) is 0 Å². The number of carbonyl (C=O) groups is 1. The Kier molecular flexibility index (Phi) is 2.69. The second kappa shape index (κ2) is 4.11. The Balaban J connectivity index is 1.67. The summed E-state index contributed by atoms with van der Waals surface area (Å²) in [6.45, 7) is 2.38. The van der Waals surface area contributed by atoms with Crippen molar-refractivity contribution in [1.29, 1.82) is 0 Å². The Bertz CT molecular complexity index is 452. The molecule has 0 bridgehead atoms. The van der Waals surface area contributed by atoms with Crippen molar-refractivity contribution in [2.75, 3.05) is 0 Å². The molecule has 3 rings (SSSR count). The normalized spacial score (nSPS) is 34.5. The van der Waals surface area contributed by atoms with Crippen molar-refractivity contribution in [1.82, 2.24) is 0 Å². The maximum atomic E-state index is 10.8. The van der Waals surface area contributed by atoms with Gasteiger partial charge in [0, 0.05) is 0 Å². The fourth-order valence-corrected chi connectivity index (χ4v) is 3.67. The van der Waals surface area contributed by atoms with Crippen LogP contribution in [0.3, 0.4) is 0 Å². The number of hydrogen-bond acceptors (Lipinski definition) is 1. The van der Waals surface area contributed by atoms with E-state index in [9.17, 15) is 4.79 Å². The lowest BCUT2D eigenvalue weighted by Crippen LogP contribution is -2.15. The number of aromatic carboxylic acids is 1. The largest absolute Gasteiger partial charge is 0.478 e. The molecule has 1 spiro atoms. The van der Waals surface area contributed by atoms with Gasteiger partial charge >= 0.3 is 5.97 Å². The van der Waals surface area contributed by atoms with Crippen molar-refractivity contribution in [2.24, 2.45) is 11.3 Å². The highest BCUT2D eigenvalue weighted by molar-refractivity contribution is 5.87. The lowest BCUT2D eigenvalue weighted by molar-refractivity contribution is 0.0697. The second-order valence-electron chi connectivity index (χ2n) is 6.17. The molecule has 0 amide bonds. The van der Waals surface area contributed by atoms with Gasteiger partial charge in [0.05, 0.1) is 5.56 Å². The number of carboxylic acid groups (broad SMARTS) is 1. The molecule has 0 aromatic heterocycles. The smallest absolute Gasteiger partial charge is 0.335 e. The first-order chi connectivity index (χ1) is 8.61. The number of rotatable bonds is 2. The van der Waals surface area contributed by atoms with Crippen LogP contribution in [0.25, 0.3) is 0 Å². The van der Waals surface area contributed by atoms with Gasteiger partial charge in [-0.3, -0.25) is 0 Å². The minimum Gasteiger partial charge on any atom is -0.478 e. The Hall–Kier alpha value is -1.31. The number of benzene rings is 1. The van der Waals surface area contributed by atoms with E-state index in [1.807, 2.05) is 12.1 Å². The molecule has 2 fully saturated rings. The molecule has 2 nitrogen and oxygen atoms in total. The van der Waals surface area contributed by atoms with Crippen LogP contribution >= 0.6 is 0 Å². The van der Waals surface area contributed by atoms with Gasteiger partial charge in [0.15, 0.2) is 0 Å². The molecule has 2 heteroatoms. The highest BCUT2D eigenvalue weighted by Crippen LogP contribution is 2.62. The predicted molar refractivity (Wildman–Crippen MR) is 70.8 cm³/mol. The third-order valence-electron chi connectivity index (χ3n) is 5.21. The van der Waals surface area contributed by atoms with Gasteiger partial charge < -0.3 is 5.11 Å². The van der Waals surface area contributed by atoms with E-state index in [2.05, 4.69) is 6.92 Å². The number of carboxylic acids is 1. The van der Waals surface area contributed by atoms with Crippen LogP contribution in [0.15, 0.2) is 24.3 Å². The molecule has 2 saturated carbocycles. The third-order valence-corrected chi connectivity index (χ3v) is 5.21. The summed E-state index contributed by atoms with van der Waals surface area (Å²) in [5.41, 5.74) is 2.40. The van der Waals surface area contributed by atoms with Crippen LogP contribution in [0.4, 0.5) is 0 Å². The minimum absolute atomic E-state index is 0.391. The highest BCUT2D eigenvalue weighted by atomic mass is 16.4. The van der Waals surface area contributed by atoms with Gasteiger partial charge in [-0.05, 0) is 67.1 Å². The summed E-state index contributed by atoms with van der Waals surface area (Å²) < 4.78 is 0. The third kappa shape index (κ3) is 1.94. The van der Waals surface area contributed by atoms with Crippen LogP contribution in [0.5, 0.6) is 0 Å². The summed E-state index contributed by atoms with van der Waals surface area (Å²) in [5, 5.41) is 8.89. The molecule has 2 aliphatic rings. The zero-order valence-electron chi connectivity index (χ0n) is 10.9. The molecule has 0 heterocycles. The molecule has 1 N–H and O–H groups in total. The summed E-state index contributed by atoms with van der Waals surface area (Å²) >= 11 is 0. The van der Waals surface area contributed by atoms with Crippen LogP contribution in [-0.2, 0) is 0 Å². The van der Waals surface area contributed by atoms with Crippen molar-refractivity contribution in [2.45, 2.75) is 44.9 Å². The van der Waals surface area contributed by atoms with E-state index in [1.54, 1.807) is 12.1 Å². The van der Waals surface area contributed by atoms with Crippen LogP contribution in [0, 0.1) is 11.3 Å². The van der Waals surface area contributed by atoms with Crippen LogP contribution < -0.4 is 0 Å². The van der Waals surface area contributed by atoms with Gasteiger partial charge in [-0.2, -0.15) is 0 Å². The maximum absolute atomic E-state index is 10.8. The molecule has 96 valence electrons. The van der Waals surface area contributed by atoms with E-state index >= 15 is 0 Å². The zero-order chi connectivity index (χ0) is 12.8. The first kappa shape index (κ1) is 11.8. The van der Waals surface area contributed by atoms with Crippen LogP contribution in [0.1, 0.15) is 60.9 Å². The second-order valence-corrected chi connectivity index (χ2v) is 6.17. The molecule has 1 atom stereocenters. The van der Waals surface area contributed by atoms with E-state index in [0.717, 1.165) is 5.92 Å². The molecule has 2 aliphatic carbocycles. The monoisotopic (exact) mass is 244 g/mol. The standard InChI is InChI=1S/C16H20O2/c1-11-10-16(11)8-6-13(7-9-16)12-2-4-14(5-3-12)15(17)18/h2-5,11,13H,6-10H2,1H3,(H,17,18). The van der Waals surface area contributed by atoms with Gasteiger partial charge in [0.2, 0.25) is 0 Å². The Morgan fingerprint density at radius 3 is 2.22 bits per heavy atom. The summed E-state index contributed by atoms with van der Waals surface area (Å²) in [7, 11) is 0. The minimum atomic E-state index is -0.837. The molecule has 0 aliphatic heterocycles. The SMILES string of the molecule is CC1CC12CCC(c1ccc(C(=O)O)cc1)CC2. The fraction of sp³-hybridized carbons (Fsp3) is 0.562. The van der Waals surface area contributed by atoms with Gasteiger partial charge in [0.25, 0.3) is 0 Å². The lowest BCUT2D eigenvalue weighted by Gasteiger charge is -2.29. The molecule has 0 radical (unpaired) electrons. The predicted octanol–water partition coefficient (Wildman–Crippen LogP) is 4.07. The maximum Gasteiger partial charge on any atom is 0.335 e. The Morgan fingerprint density at radius 2 is 1.78 bits per heavy atom. The van der Waals surface area contributed by atoms with Gasteiger partial charge in [0.1, 0.15) is 0 Å². The summed E-state index contributed by atoms with van der Waals surface area (Å²) in [6.07, 6.45) is 6.70. The average Bonchev–Trinajstić information content (AvgIpc) is 3.00. The molecule has 1 unspecified atom stereocenters. The highest BCUT2D eigenvalue weighted by Gasteiger charge is 2.51. The Labute approximate surface area is 108 Å². The summed E-state index contributed by atoms with van der Waals surface area (Å²) in [6, 6.07) is 7.48. The van der Waals surface area contributed by atoms with E-state index in [-0.39, 0.29) is 0 Å². The van der Waals surface area contributed by atoms with E-state index in [4.69, 9.17) is 5.11 Å².